The first-order valence-electron chi connectivity index (χ1n) is 11.0. The second kappa shape index (κ2) is 10.1. The molecule has 0 unspecified atom stereocenters. The average molecular weight is 429 g/mol. The van der Waals surface area contributed by atoms with E-state index in [2.05, 4.69) is 22.8 Å². The lowest BCUT2D eigenvalue weighted by Gasteiger charge is -2.21. The monoisotopic (exact) mass is 428 g/mol. The first-order valence-corrected chi connectivity index (χ1v) is 11.0. The van der Waals surface area contributed by atoms with E-state index in [1.165, 1.54) is 5.56 Å². The van der Waals surface area contributed by atoms with Crippen LogP contribution in [0.4, 0.5) is 4.79 Å². The predicted octanol–water partition coefficient (Wildman–Crippen LogP) is 4.37. The summed E-state index contributed by atoms with van der Waals surface area (Å²) in [6.45, 7) is 0.714. The molecule has 0 radical (unpaired) electrons. The molecule has 32 heavy (non-hydrogen) atoms. The molecule has 5 heteroatoms. The third-order valence-corrected chi connectivity index (χ3v) is 5.94. The molecule has 1 aliphatic carbocycles. The second-order valence-electron chi connectivity index (χ2n) is 8.31. The van der Waals surface area contributed by atoms with Crippen molar-refractivity contribution in [1.82, 2.24) is 10.6 Å². The Morgan fingerprint density at radius 2 is 1.38 bits per heavy atom. The molecule has 0 bridgehead atoms. The average Bonchev–Trinajstić information content (AvgIpc) is 3.64. The van der Waals surface area contributed by atoms with Gasteiger partial charge in [-0.3, -0.25) is 4.79 Å². The van der Waals surface area contributed by atoms with Gasteiger partial charge in [0.2, 0.25) is 5.91 Å². The largest absolute Gasteiger partial charge is 0.445 e. The van der Waals surface area contributed by atoms with Crippen LogP contribution in [0.25, 0.3) is 0 Å². The molecular formula is C27H28N2O3. The van der Waals surface area contributed by atoms with Crippen molar-refractivity contribution in [2.75, 3.05) is 6.54 Å². The van der Waals surface area contributed by atoms with Gasteiger partial charge in [-0.25, -0.2) is 4.79 Å². The molecule has 1 atom stereocenters. The predicted molar refractivity (Wildman–Crippen MR) is 124 cm³/mol. The zero-order valence-electron chi connectivity index (χ0n) is 18.0. The Hall–Kier alpha value is -3.60. The molecular weight excluding hydrogens is 400 g/mol. The van der Waals surface area contributed by atoms with Gasteiger partial charge in [0.05, 0.1) is 0 Å². The van der Waals surface area contributed by atoms with Gasteiger partial charge in [0.15, 0.2) is 0 Å². The third-order valence-electron chi connectivity index (χ3n) is 5.94. The van der Waals surface area contributed by atoms with E-state index in [-0.39, 0.29) is 17.9 Å². The summed E-state index contributed by atoms with van der Waals surface area (Å²) in [7, 11) is 0. The number of carbonyl (C=O) groups is 2. The normalized spacial score (nSPS) is 14.8. The minimum atomic E-state index is -0.716. The number of ether oxygens (including phenoxy) is 1. The van der Waals surface area contributed by atoms with Crippen LogP contribution < -0.4 is 10.6 Å². The molecule has 1 saturated carbocycles. The first-order chi connectivity index (χ1) is 15.6. The lowest BCUT2D eigenvalue weighted by atomic mass is 9.95. The van der Waals surface area contributed by atoms with Crippen LogP contribution >= 0.6 is 0 Å². The van der Waals surface area contributed by atoms with E-state index in [0.29, 0.717) is 13.0 Å². The minimum Gasteiger partial charge on any atom is -0.445 e. The van der Waals surface area contributed by atoms with Crippen molar-refractivity contribution in [1.29, 1.82) is 0 Å². The Morgan fingerprint density at radius 1 is 0.812 bits per heavy atom. The third kappa shape index (κ3) is 5.76. The molecule has 3 aromatic carbocycles. The van der Waals surface area contributed by atoms with E-state index in [9.17, 15) is 9.59 Å². The maximum Gasteiger partial charge on any atom is 0.408 e. The van der Waals surface area contributed by atoms with E-state index in [1.807, 2.05) is 78.9 Å². The molecule has 1 aliphatic rings. The summed E-state index contributed by atoms with van der Waals surface area (Å²) in [5, 5.41) is 5.83. The van der Waals surface area contributed by atoms with E-state index in [1.54, 1.807) is 0 Å². The van der Waals surface area contributed by atoms with E-state index < -0.39 is 12.1 Å². The number of nitrogens with one attached hydrogen (secondary N) is 2. The van der Waals surface area contributed by atoms with Gasteiger partial charge in [-0.2, -0.15) is 0 Å². The van der Waals surface area contributed by atoms with Crippen LogP contribution in [-0.2, 0) is 28.0 Å². The Morgan fingerprint density at radius 3 is 1.97 bits per heavy atom. The van der Waals surface area contributed by atoms with E-state index in [0.717, 1.165) is 24.0 Å². The van der Waals surface area contributed by atoms with Gasteiger partial charge in [-0.05, 0) is 29.5 Å². The highest BCUT2D eigenvalue weighted by Gasteiger charge is 2.44. The summed E-state index contributed by atoms with van der Waals surface area (Å²) in [6.07, 6.45) is 1.89. The molecule has 2 amide bonds. The number of amides is 2. The molecule has 1 fully saturated rings. The summed E-state index contributed by atoms with van der Waals surface area (Å²) in [5.74, 6) is -0.201. The molecule has 0 saturated heterocycles. The summed E-state index contributed by atoms with van der Waals surface area (Å²) in [4.78, 5) is 25.5. The van der Waals surface area contributed by atoms with Gasteiger partial charge in [0.1, 0.15) is 12.6 Å². The van der Waals surface area contributed by atoms with Crippen molar-refractivity contribution in [2.45, 2.75) is 37.3 Å². The van der Waals surface area contributed by atoms with Crippen LogP contribution in [0.3, 0.4) is 0 Å². The van der Waals surface area contributed by atoms with Gasteiger partial charge < -0.3 is 15.4 Å². The van der Waals surface area contributed by atoms with E-state index >= 15 is 0 Å². The fourth-order valence-corrected chi connectivity index (χ4v) is 3.86. The fraction of sp³-hybridized carbons (Fsp3) is 0.259. The summed E-state index contributed by atoms with van der Waals surface area (Å²) >= 11 is 0. The van der Waals surface area contributed by atoms with Crippen molar-refractivity contribution in [3.63, 3.8) is 0 Å². The molecule has 2 N–H and O–H groups in total. The lowest BCUT2D eigenvalue weighted by molar-refractivity contribution is -0.123. The van der Waals surface area contributed by atoms with Crippen LogP contribution in [-0.4, -0.2) is 24.6 Å². The van der Waals surface area contributed by atoms with Crippen LogP contribution in [0.1, 0.15) is 29.5 Å². The molecule has 0 spiro atoms. The van der Waals surface area contributed by atoms with Crippen LogP contribution in [0, 0.1) is 0 Å². The van der Waals surface area contributed by atoms with Crippen molar-refractivity contribution in [2.24, 2.45) is 0 Å². The number of hydrogen-bond donors (Lipinski definition) is 2. The molecule has 0 aromatic heterocycles. The number of alkyl carbamates (subject to hydrolysis) is 1. The number of rotatable bonds is 9. The molecule has 4 rings (SSSR count). The lowest BCUT2D eigenvalue weighted by Crippen LogP contribution is -2.49. The Balaban J connectivity index is 1.38. The van der Waals surface area contributed by atoms with Crippen molar-refractivity contribution in [3.8, 4) is 0 Å². The summed E-state index contributed by atoms with van der Waals surface area (Å²) < 4.78 is 5.34. The maximum absolute atomic E-state index is 13.1. The van der Waals surface area contributed by atoms with Crippen LogP contribution in [0.15, 0.2) is 91.0 Å². The Kier molecular flexibility index (Phi) is 6.85. The van der Waals surface area contributed by atoms with Crippen molar-refractivity contribution in [3.05, 3.63) is 108 Å². The quantitative estimate of drug-likeness (QED) is 0.532. The van der Waals surface area contributed by atoms with Gasteiger partial charge in [0, 0.05) is 18.4 Å². The highest BCUT2D eigenvalue weighted by atomic mass is 16.5. The van der Waals surface area contributed by atoms with Crippen molar-refractivity contribution < 1.29 is 14.3 Å². The molecule has 0 heterocycles. The molecule has 0 aliphatic heterocycles. The summed E-state index contributed by atoms with van der Waals surface area (Å²) in [5.41, 5.74) is 3.11. The first kappa shape index (κ1) is 21.6. The fourth-order valence-electron chi connectivity index (χ4n) is 3.86. The van der Waals surface area contributed by atoms with Gasteiger partial charge in [-0.1, -0.05) is 91.0 Å². The molecule has 5 nitrogen and oxygen atoms in total. The van der Waals surface area contributed by atoms with Crippen LogP contribution in [0.2, 0.25) is 0 Å². The number of benzene rings is 3. The van der Waals surface area contributed by atoms with Gasteiger partial charge in [-0.15, -0.1) is 0 Å². The van der Waals surface area contributed by atoms with Crippen LogP contribution in [0.5, 0.6) is 0 Å². The number of hydrogen-bond acceptors (Lipinski definition) is 3. The highest BCUT2D eigenvalue weighted by Crippen LogP contribution is 2.47. The topological polar surface area (TPSA) is 67.4 Å². The molecule has 3 aromatic rings. The standard InChI is InChI=1S/C27H28N2O3/c30-25(28-20-27(16-17-27)23-14-8-3-9-15-23)24(18-21-10-4-1-5-11-21)29-26(31)32-19-22-12-6-2-7-13-22/h1-15,24H,16-20H2,(H,28,30)(H,29,31)/t24-/m0/s1. The van der Waals surface area contributed by atoms with Crippen molar-refractivity contribution >= 4 is 12.0 Å². The SMILES string of the molecule is O=C(N[C@@H](Cc1ccccc1)C(=O)NCC1(c2ccccc2)CC1)OCc1ccccc1. The van der Waals surface area contributed by atoms with Gasteiger partial charge in [0.25, 0.3) is 0 Å². The Labute approximate surface area is 188 Å². The second-order valence-corrected chi connectivity index (χ2v) is 8.31. The summed E-state index contributed by atoms with van der Waals surface area (Å²) in [6, 6.07) is 28.7. The number of carbonyl (C=O) groups excluding carboxylic acids is 2. The maximum atomic E-state index is 13.1. The highest BCUT2D eigenvalue weighted by molar-refractivity contribution is 5.86. The zero-order chi connectivity index (χ0) is 22.2. The van der Waals surface area contributed by atoms with E-state index in [4.69, 9.17) is 4.74 Å². The minimum absolute atomic E-state index is 0.00202. The zero-order valence-corrected chi connectivity index (χ0v) is 18.0. The molecule has 164 valence electrons. The smallest absolute Gasteiger partial charge is 0.408 e. The van der Waals surface area contributed by atoms with Gasteiger partial charge >= 0.3 is 6.09 Å². The Bertz CT molecular complexity index is 1020.